The van der Waals surface area contributed by atoms with E-state index < -0.39 is 10.0 Å². The summed E-state index contributed by atoms with van der Waals surface area (Å²) in [5, 5.41) is 3.81. The fourth-order valence-electron chi connectivity index (χ4n) is 2.20. The molecule has 0 spiro atoms. The molecule has 1 aliphatic rings. The lowest BCUT2D eigenvalue weighted by Crippen LogP contribution is -2.46. The highest BCUT2D eigenvalue weighted by atomic mass is 35.5. The molecule has 0 saturated carbocycles. The molecule has 0 amide bonds. The van der Waals surface area contributed by atoms with E-state index in [-0.39, 0.29) is 16.0 Å². The molecular formula is C12H16Cl2N2O2S. The van der Waals surface area contributed by atoms with Crippen molar-refractivity contribution in [2.45, 2.75) is 36.7 Å². The Kier molecular flexibility index (Phi) is 4.74. The molecule has 2 rings (SSSR count). The summed E-state index contributed by atoms with van der Waals surface area (Å²) in [6.07, 6.45) is 1.53. The summed E-state index contributed by atoms with van der Waals surface area (Å²) in [4.78, 5) is 0.0350. The highest BCUT2D eigenvalue weighted by molar-refractivity contribution is 7.89. The Morgan fingerprint density at radius 2 is 2.11 bits per heavy atom. The van der Waals surface area contributed by atoms with Crippen LogP contribution in [0.1, 0.15) is 19.8 Å². The van der Waals surface area contributed by atoms with Crippen molar-refractivity contribution in [3.8, 4) is 0 Å². The van der Waals surface area contributed by atoms with Crippen molar-refractivity contribution in [3.63, 3.8) is 0 Å². The standard InChI is InChI=1S/C12H16Cl2N2O2S/c1-8-6-10(4-5-15-8)16-19(17,18)12-7-9(13)2-3-11(12)14/h2-3,7-8,10,15-16H,4-6H2,1H3. The van der Waals surface area contributed by atoms with Gasteiger partial charge in [0.15, 0.2) is 0 Å². The Balaban J connectivity index is 2.20. The summed E-state index contributed by atoms with van der Waals surface area (Å²) in [5.74, 6) is 0. The van der Waals surface area contributed by atoms with Crippen LogP contribution in [0.3, 0.4) is 0 Å². The van der Waals surface area contributed by atoms with E-state index in [1.165, 1.54) is 12.1 Å². The molecule has 1 fully saturated rings. The third-order valence-corrected chi connectivity index (χ3v) is 5.37. The predicted octanol–water partition coefficient (Wildman–Crippen LogP) is 2.41. The van der Waals surface area contributed by atoms with Gasteiger partial charge in [-0.3, -0.25) is 0 Å². The molecule has 1 aromatic rings. The monoisotopic (exact) mass is 322 g/mol. The summed E-state index contributed by atoms with van der Waals surface area (Å²) in [5.41, 5.74) is 0. The van der Waals surface area contributed by atoms with Crippen molar-refractivity contribution in [2.24, 2.45) is 0 Å². The molecule has 0 bridgehead atoms. The van der Waals surface area contributed by atoms with Gasteiger partial charge in [-0.15, -0.1) is 0 Å². The van der Waals surface area contributed by atoms with Gasteiger partial charge in [-0.25, -0.2) is 13.1 Å². The van der Waals surface area contributed by atoms with Crippen LogP contribution >= 0.6 is 23.2 Å². The largest absolute Gasteiger partial charge is 0.314 e. The minimum atomic E-state index is -3.63. The minimum Gasteiger partial charge on any atom is -0.314 e. The molecule has 0 radical (unpaired) electrons. The molecule has 1 heterocycles. The number of halogens is 2. The van der Waals surface area contributed by atoms with E-state index in [4.69, 9.17) is 23.2 Å². The number of piperidine rings is 1. The molecule has 1 aromatic carbocycles. The van der Waals surface area contributed by atoms with E-state index in [9.17, 15) is 8.42 Å². The number of hydrogen-bond acceptors (Lipinski definition) is 3. The lowest BCUT2D eigenvalue weighted by molar-refractivity contribution is 0.361. The Morgan fingerprint density at radius 3 is 2.79 bits per heavy atom. The Bertz CT molecular complexity index is 563. The van der Waals surface area contributed by atoms with Crippen LogP contribution in [0.4, 0.5) is 0 Å². The van der Waals surface area contributed by atoms with Crippen LogP contribution in [-0.4, -0.2) is 27.0 Å². The Hall–Kier alpha value is -0.330. The molecule has 106 valence electrons. The van der Waals surface area contributed by atoms with Crippen LogP contribution in [-0.2, 0) is 10.0 Å². The van der Waals surface area contributed by atoms with E-state index in [1.54, 1.807) is 6.07 Å². The van der Waals surface area contributed by atoms with Crippen LogP contribution in [0.25, 0.3) is 0 Å². The Morgan fingerprint density at radius 1 is 1.37 bits per heavy atom. The SMILES string of the molecule is CC1CC(NS(=O)(=O)c2cc(Cl)ccc2Cl)CCN1. The van der Waals surface area contributed by atoms with Gasteiger partial charge in [0.1, 0.15) is 4.90 Å². The zero-order chi connectivity index (χ0) is 14.0. The van der Waals surface area contributed by atoms with Gasteiger partial charge >= 0.3 is 0 Å². The average Bonchev–Trinajstić information content (AvgIpc) is 2.31. The van der Waals surface area contributed by atoms with Crippen molar-refractivity contribution in [3.05, 3.63) is 28.2 Å². The molecule has 1 aliphatic heterocycles. The molecule has 19 heavy (non-hydrogen) atoms. The van der Waals surface area contributed by atoms with Crippen LogP contribution in [0.2, 0.25) is 10.0 Å². The van der Waals surface area contributed by atoms with Gasteiger partial charge in [0.25, 0.3) is 0 Å². The second-order valence-corrected chi connectivity index (χ2v) is 7.30. The number of hydrogen-bond donors (Lipinski definition) is 2. The Labute approximate surface area is 123 Å². The molecule has 1 saturated heterocycles. The van der Waals surface area contributed by atoms with Gasteiger partial charge in [0, 0.05) is 17.1 Å². The molecule has 2 unspecified atom stereocenters. The van der Waals surface area contributed by atoms with E-state index >= 15 is 0 Å². The smallest absolute Gasteiger partial charge is 0.242 e. The first kappa shape index (κ1) is 15.1. The normalized spacial score (nSPS) is 24.4. The van der Waals surface area contributed by atoms with Gasteiger partial charge in [0.05, 0.1) is 5.02 Å². The maximum atomic E-state index is 12.3. The summed E-state index contributed by atoms with van der Waals surface area (Å²) in [7, 11) is -3.63. The zero-order valence-corrected chi connectivity index (χ0v) is 12.8. The lowest BCUT2D eigenvalue weighted by Gasteiger charge is -2.28. The van der Waals surface area contributed by atoms with E-state index in [0.717, 1.165) is 19.4 Å². The van der Waals surface area contributed by atoms with Crippen LogP contribution in [0, 0.1) is 0 Å². The third kappa shape index (κ3) is 3.83. The summed E-state index contributed by atoms with van der Waals surface area (Å²) >= 11 is 11.8. The predicted molar refractivity (Wildman–Crippen MR) is 77.3 cm³/mol. The van der Waals surface area contributed by atoms with Crippen LogP contribution in [0.5, 0.6) is 0 Å². The first-order valence-corrected chi connectivity index (χ1v) is 8.33. The minimum absolute atomic E-state index is 0.0350. The summed E-state index contributed by atoms with van der Waals surface area (Å²) in [6, 6.07) is 4.66. The van der Waals surface area contributed by atoms with Gasteiger partial charge in [-0.1, -0.05) is 23.2 Å². The quantitative estimate of drug-likeness (QED) is 0.898. The van der Waals surface area contributed by atoms with Crippen molar-refractivity contribution >= 4 is 33.2 Å². The van der Waals surface area contributed by atoms with Crippen molar-refractivity contribution < 1.29 is 8.42 Å². The first-order chi connectivity index (χ1) is 8.88. The molecular weight excluding hydrogens is 307 g/mol. The number of rotatable bonds is 3. The molecule has 0 aromatic heterocycles. The van der Waals surface area contributed by atoms with Crippen LogP contribution in [0.15, 0.2) is 23.1 Å². The van der Waals surface area contributed by atoms with Gasteiger partial charge < -0.3 is 5.32 Å². The topological polar surface area (TPSA) is 58.2 Å². The number of sulfonamides is 1. The van der Waals surface area contributed by atoms with Gasteiger partial charge in [-0.2, -0.15) is 0 Å². The molecule has 2 N–H and O–H groups in total. The molecule has 4 nitrogen and oxygen atoms in total. The zero-order valence-electron chi connectivity index (χ0n) is 10.5. The van der Waals surface area contributed by atoms with Crippen LogP contribution < -0.4 is 10.0 Å². The maximum absolute atomic E-state index is 12.3. The second-order valence-electron chi connectivity index (χ2n) is 4.77. The van der Waals surface area contributed by atoms with Gasteiger partial charge in [0.2, 0.25) is 10.0 Å². The lowest BCUT2D eigenvalue weighted by atomic mass is 10.0. The van der Waals surface area contributed by atoms with Crippen molar-refractivity contribution in [1.82, 2.24) is 10.0 Å². The highest BCUT2D eigenvalue weighted by Crippen LogP contribution is 2.25. The van der Waals surface area contributed by atoms with E-state index in [0.29, 0.717) is 11.1 Å². The number of nitrogens with one attached hydrogen (secondary N) is 2. The number of benzene rings is 1. The average molecular weight is 323 g/mol. The summed E-state index contributed by atoms with van der Waals surface area (Å²) < 4.78 is 27.3. The second kappa shape index (κ2) is 5.97. The third-order valence-electron chi connectivity index (χ3n) is 3.13. The maximum Gasteiger partial charge on any atom is 0.242 e. The fraction of sp³-hybridized carbons (Fsp3) is 0.500. The molecule has 7 heteroatoms. The summed E-state index contributed by atoms with van der Waals surface area (Å²) in [6.45, 7) is 2.84. The van der Waals surface area contributed by atoms with E-state index in [2.05, 4.69) is 10.0 Å². The van der Waals surface area contributed by atoms with E-state index in [1.807, 2.05) is 6.92 Å². The van der Waals surface area contributed by atoms with Crippen molar-refractivity contribution in [1.29, 1.82) is 0 Å². The van der Waals surface area contributed by atoms with Gasteiger partial charge in [-0.05, 0) is 44.5 Å². The highest BCUT2D eigenvalue weighted by Gasteiger charge is 2.26. The molecule has 2 atom stereocenters. The first-order valence-electron chi connectivity index (χ1n) is 6.09. The fourth-order valence-corrected chi connectivity index (χ4v) is 4.25. The van der Waals surface area contributed by atoms with Crippen molar-refractivity contribution in [2.75, 3.05) is 6.54 Å². The molecule has 0 aliphatic carbocycles.